The predicted molar refractivity (Wildman–Crippen MR) is 131 cm³/mol. The number of hydrogen-bond acceptors (Lipinski definition) is 4. The Bertz CT molecular complexity index is 1420. The van der Waals surface area contributed by atoms with Gasteiger partial charge < -0.3 is 10.4 Å². The third kappa shape index (κ3) is 3.64. The quantitative estimate of drug-likeness (QED) is 0.312. The molecule has 6 rings (SSSR count). The Kier molecular flexibility index (Phi) is 4.65. The zero-order chi connectivity index (χ0) is 22.2. The van der Waals surface area contributed by atoms with Gasteiger partial charge in [0.1, 0.15) is 5.75 Å². The first-order chi connectivity index (χ1) is 16.2. The summed E-state index contributed by atoms with van der Waals surface area (Å²) in [6.45, 7) is 0.773. The van der Waals surface area contributed by atoms with Crippen LogP contribution in [0.1, 0.15) is 16.7 Å². The van der Waals surface area contributed by atoms with Gasteiger partial charge in [-0.25, -0.2) is 0 Å². The summed E-state index contributed by atoms with van der Waals surface area (Å²) in [7, 11) is 0. The Labute approximate surface area is 191 Å². The van der Waals surface area contributed by atoms with Crippen molar-refractivity contribution in [3.63, 3.8) is 0 Å². The summed E-state index contributed by atoms with van der Waals surface area (Å²) < 4.78 is 0. The van der Waals surface area contributed by atoms with E-state index in [9.17, 15) is 5.11 Å². The number of nitrogens with one attached hydrogen (secondary N) is 2. The van der Waals surface area contributed by atoms with Crippen molar-refractivity contribution in [2.75, 3.05) is 5.32 Å². The van der Waals surface area contributed by atoms with Crippen LogP contribution in [0, 0.1) is 0 Å². The van der Waals surface area contributed by atoms with Crippen LogP contribution < -0.4 is 5.32 Å². The predicted octanol–water partition coefficient (Wildman–Crippen LogP) is 6.03. The van der Waals surface area contributed by atoms with E-state index in [4.69, 9.17) is 0 Å². The molecule has 0 aliphatic heterocycles. The van der Waals surface area contributed by atoms with Gasteiger partial charge in [0.2, 0.25) is 0 Å². The van der Waals surface area contributed by atoms with Gasteiger partial charge in [-0.05, 0) is 46.5 Å². The molecule has 160 valence electrons. The average Bonchev–Trinajstić information content (AvgIpc) is 3.43. The lowest BCUT2D eigenvalue weighted by Crippen LogP contribution is -2.00. The molecule has 3 aromatic carbocycles. The molecule has 0 amide bonds. The zero-order valence-corrected chi connectivity index (χ0v) is 17.9. The fourth-order valence-electron chi connectivity index (χ4n) is 4.48. The van der Waals surface area contributed by atoms with E-state index in [0.29, 0.717) is 0 Å². The summed E-state index contributed by atoms with van der Waals surface area (Å²) in [5.74, 6) is 0.276. The molecular weight excluding hydrogens is 408 g/mol. The Morgan fingerprint density at radius 1 is 0.818 bits per heavy atom. The maximum atomic E-state index is 9.52. The maximum Gasteiger partial charge on any atom is 0.115 e. The van der Waals surface area contributed by atoms with Crippen LogP contribution in [-0.2, 0) is 13.0 Å². The zero-order valence-electron chi connectivity index (χ0n) is 17.9. The van der Waals surface area contributed by atoms with Crippen molar-refractivity contribution < 1.29 is 5.11 Å². The van der Waals surface area contributed by atoms with Crippen LogP contribution in [0.5, 0.6) is 5.75 Å². The smallest absolute Gasteiger partial charge is 0.115 e. The Morgan fingerprint density at radius 2 is 1.52 bits per heavy atom. The van der Waals surface area contributed by atoms with Gasteiger partial charge in [-0.1, -0.05) is 54.6 Å². The molecule has 2 aromatic heterocycles. The number of rotatable bonds is 5. The molecule has 5 nitrogen and oxygen atoms in total. The summed E-state index contributed by atoms with van der Waals surface area (Å²) >= 11 is 0. The minimum Gasteiger partial charge on any atom is -0.508 e. The van der Waals surface area contributed by atoms with Crippen molar-refractivity contribution in [1.29, 1.82) is 0 Å². The molecule has 1 aliphatic carbocycles. The third-order valence-electron chi connectivity index (χ3n) is 6.21. The van der Waals surface area contributed by atoms with Gasteiger partial charge in [0, 0.05) is 47.7 Å². The van der Waals surface area contributed by atoms with E-state index < -0.39 is 0 Å². The highest BCUT2D eigenvalue weighted by molar-refractivity contribution is 5.82. The van der Waals surface area contributed by atoms with Gasteiger partial charge in [0.25, 0.3) is 0 Å². The number of pyridine rings is 1. The van der Waals surface area contributed by atoms with Gasteiger partial charge in [0.05, 0.1) is 11.4 Å². The lowest BCUT2D eigenvalue weighted by atomic mass is 10.0. The number of H-pyrrole nitrogens is 1. The van der Waals surface area contributed by atoms with Gasteiger partial charge in [-0.15, -0.1) is 0 Å². The van der Waals surface area contributed by atoms with Gasteiger partial charge in [0.15, 0.2) is 0 Å². The first-order valence-corrected chi connectivity index (χ1v) is 11.0. The Hall–Kier alpha value is -4.38. The molecular formula is C28H22N4O. The highest BCUT2D eigenvalue weighted by atomic mass is 16.3. The van der Waals surface area contributed by atoms with Crippen molar-refractivity contribution >= 4 is 5.69 Å². The molecule has 2 heterocycles. The maximum absolute atomic E-state index is 9.52. The van der Waals surface area contributed by atoms with Crippen LogP contribution in [-0.4, -0.2) is 20.3 Å². The van der Waals surface area contributed by atoms with Gasteiger partial charge in [-0.2, -0.15) is 5.10 Å². The molecule has 5 aromatic rings. The monoisotopic (exact) mass is 430 g/mol. The first kappa shape index (κ1) is 19.3. The SMILES string of the molecule is Oc1ccc(-c2ccc(-c3n[nH]c4c3Cc3cc(CNc5ccncc5)ccc3-4)cc2)cc1. The van der Waals surface area contributed by atoms with E-state index in [-0.39, 0.29) is 5.75 Å². The standard InChI is InChI=1S/C28H22N4O/c33-24-8-6-20(7-9-24)19-2-4-21(5-3-19)27-26-16-22-15-18(1-10-25(22)28(26)32-31-27)17-30-23-11-13-29-14-12-23/h1-15,33H,16-17H2,(H,29,30)(H,31,32). The summed E-state index contributed by atoms with van der Waals surface area (Å²) in [6, 6.07) is 26.3. The second-order valence-electron chi connectivity index (χ2n) is 8.31. The van der Waals surface area contributed by atoms with E-state index in [2.05, 4.69) is 63.0 Å². The number of benzene rings is 3. The third-order valence-corrected chi connectivity index (χ3v) is 6.21. The number of fused-ring (bicyclic) bond motifs is 3. The number of aromatic hydroxyl groups is 1. The van der Waals surface area contributed by atoms with Crippen LogP contribution >= 0.6 is 0 Å². The van der Waals surface area contributed by atoms with E-state index in [0.717, 1.165) is 46.7 Å². The molecule has 0 saturated carbocycles. The second kappa shape index (κ2) is 7.95. The van der Waals surface area contributed by atoms with Crippen molar-refractivity contribution in [1.82, 2.24) is 15.2 Å². The number of hydrogen-bond donors (Lipinski definition) is 3. The fourth-order valence-corrected chi connectivity index (χ4v) is 4.48. The molecule has 0 fully saturated rings. The lowest BCUT2D eigenvalue weighted by molar-refractivity contribution is 0.475. The molecule has 3 N–H and O–H groups in total. The number of phenolic OH excluding ortho intramolecular Hbond substituents is 1. The van der Waals surface area contributed by atoms with Crippen LogP contribution in [0.3, 0.4) is 0 Å². The minimum atomic E-state index is 0.276. The van der Waals surface area contributed by atoms with Crippen molar-refractivity contribution in [3.05, 3.63) is 108 Å². The van der Waals surface area contributed by atoms with Crippen LogP contribution in [0.4, 0.5) is 5.69 Å². The fraction of sp³-hybridized carbons (Fsp3) is 0.0714. The number of aromatic amines is 1. The molecule has 0 spiro atoms. The largest absolute Gasteiger partial charge is 0.508 e. The molecule has 1 aliphatic rings. The Morgan fingerprint density at radius 3 is 2.27 bits per heavy atom. The molecule has 0 radical (unpaired) electrons. The molecule has 0 unspecified atom stereocenters. The summed E-state index contributed by atoms with van der Waals surface area (Å²) in [5, 5.41) is 20.9. The van der Waals surface area contributed by atoms with E-state index in [1.54, 1.807) is 24.5 Å². The normalized spacial score (nSPS) is 11.8. The number of nitrogens with zero attached hydrogens (tertiary/aromatic N) is 2. The topological polar surface area (TPSA) is 73.8 Å². The second-order valence-corrected chi connectivity index (χ2v) is 8.31. The first-order valence-electron chi connectivity index (χ1n) is 11.0. The number of phenols is 1. The van der Waals surface area contributed by atoms with E-state index >= 15 is 0 Å². The molecule has 0 saturated heterocycles. The molecule has 33 heavy (non-hydrogen) atoms. The molecule has 0 atom stereocenters. The summed E-state index contributed by atoms with van der Waals surface area (Å²) in [4.78, 5) is 4.06. The number of anilines is 1. The van der Waals surface area contributed by atoms with E-state index in [1.165, 1.54) is 22.3 Å². The van der Waals surface area contributed by atoms with Gasteiger partial charge >= 0.3 is 0 Å². The van der Waals surface area contributed by atoms with Gasteiger partial charge in [-0.3, -0.25) is 10.1 Å². The van der Waals surface area contributed by atoms with Crippen molar-refractivity contribution in [3.8, 4) is 39.4 Å². The molecule has 5 heteroatoms. The average molecular weight is 431 g/mol. The van der Waals surface area contributed by atoms with Crippen molar-refractivity contribution in [2.24, 2.45) is 0 Å². The molecule has 0 bridgehead atoms. The van der Waals surface area contributed by atoms with Crippen LogP contribution in [0.2, 0.25) is 0 Å². The van der Waals surface area contributed by atoms with Crippen LogP contribution in [0.15, 0.2) is 91.3 Å². The highest BCUT2D eigenvalue weighted by Gasteiger charge is 2.25. The summed E-state index contributed by atoms with van der Waals surface area (Å²) in [6.07, 6.45) is 4.46. The minimum absolute atomic E-state index is 0.276. The van der Waals surface area contributed by atoms with Crippen LogP contribution in [0.25, 0.3) is 33.6 Å². The summed E-state index contributed by atoms with van der Waals surface area (Å²) in [5.41, 5.74) is 11.6. The van der Waals surface area contributed by atoms with E-state index in [1.807, 2.05) is 24.3 Å². The highest BCUT2D eigenvalue weighted by Crippen LogP contribution is 2.40. The Balaban J connectivity index is 1.23. The van der Waals surface area contributed by atoms with Crippen molar-refractivity contribution in [2.45, 2.75) is 13.0 Å². The number of aromatic nitrogens is 3. The lowest BCUT2D eigenvalue weighted by Gasteiger charge is -2.08.